The van der Waals surface area contributed by atoms with Crippen LogP contribution in [0.2, 0.25) is 0 Å². The van der Waals surface area contributed by atoms with Gasteiger partial charge < -0.3 is 14.8 Å². The van der Waals surface area contributed by atoms with Crippen molar-refractivity contribution in [2.24, 2.45) is 0 Å². The van der Waals surface area contributed by atoms with Gasteiger partial charge in [0.15, 0.2) is 0 Å². The van der Waals surface area contributed by atoms with E-state index in [2.05, 4.69) is 55.8 Å². The standard InChI is InChI=1S/C24H26BrN5O3/c1-4-5-12-32-23(31)21-16(3)26-24-27-28-29-30(24)22(21)19-13-18(25)10-11-20(19)33-14-17-8-6-15(2)7-9-17/h6-11,13,22H,4-5,12,14H2,1-3H3,(H,26,27,29). The van der Waals surface area contributed by atoms with E-state index in [1.54, 1.807) is 4.68 Å². The first kappa shape index (κ1) is 23.0. The molecule has 2 heterocycles. The molecule has 1 N–H and O–H groups in total. The maximum Gasteiger partial charge on any atom is 0.338 e. The average Bonchev–Trinajstić information content (AvgIpc) is 3.26. The Morgan fingerprint density at radius 2 is 1.97 bits per heavy atom. The normalized spacial score (nSPS) is 15.1. The number of benzene rings is 2. The number of ether oxygens (including phenoxy) is 2. The van der Waals surface area contributed by atoms with Crippen LogP contribution in [-0.4, -0.2) is 32.8 Å². The van der Waals surface area contributed by atoms with Crippen LogP contribution in [0, 0.1) is 6.92 Å². The lowest BCUT2D eigenvalue weighted by atomic mass is 9.95. The van der Waals surface area contributed by atoms with Crippen molar-refractivity contribution in [2.75, 3.05) is 11.9 Å². The molecular formula is C24H26BrN5O3. The van der Waals surface area contributed by atoms with Gasteiger partial charge >= 0.3 is 5.97 Å². The van der Waals surface area contributed by atoms with Gasteiger partial charge in [-0.15, -0.1) is 0 Å². The van der Waals surface area contributed by atoms with Gasteiger partial charge in [0.1, 0.15) is 18.4 Å². The van der Waals surface area contributed by atoms with Gasteiger partial charge in [0.05, 0.1) is 12.2 Å². The molecule has 1 aromatic heterocycles. The van der Waals surface area contributed by atoms with Crippen molar-refractivity contribution in [1.82, 2.24) is 20.2 Å². The van der Waals surface area contributed by atoms with Crippen molar-refractivity contribution >= 4 is 27.8 Å². The van der Waals surface area contributed by atoms with Crippen LogP contribution in [0.25, 0.3) is 0 Å². The first-order chi connectivity index (χ1) is 16.0. The molecule has 0 radical (unpaired) electrons. The van der Waals surface area contributed by atoms with E-state index in [0.717, 1.165) is 28.4 Å². The van der Waals surface area contributed by atoms with Gasteiger partial charge in [-0.2, -0.15) is 4.68 Å². The van der Waals surface area contributed by atoms with Gasteiger partial charge in [-0.05, 0) is 54.5 Å². The summed E-state index contributed by atoms with van der Waals surface area (Å²) in [5, 5.41) is 15.1. The van der Waals surface area contributed by atoms with Crippen LogP contribution in [0.1, 0.15) is 49.4 Å². The first-order valence-corrected chi connectivity index (χ1v) is 11.7. The summed E-state index contributed by atoms with van der Waals surface area (Å²) in [6.45, 7) is 6.67. The Hall–Kier alpha value is -3.20. The van der Waals surface area contributed by atoms with Gasteiger partial charge in [-0.25, -0.2) is 4.79 Å². The minimum atomic E-state index is -0.601. The summed E-state index contributed by atoms with van der Waals surface area (Å²) >= 11 is 3.56. The highest BCUT2D eigenvalue weighted by molar-refractivity contribution is 9.10. The number of hydrogen-bond acceptors (Lipinski definition) is 7. The quantitative estimate of drug-likeness (QED) is 0.337. The Morgan fingerprint density at radius 1 is 1.18 bits per heavy atom. The van der Waals surface area contributed by atoms with Crippen LogP contribution in [0.4, 0.5) is 5.95 Å². The number of allylic oxidation sites excluding steroid dienone is 1. The molecule has 2 aromatic carbocycles. The van der Waals surface area contributed by atoms with E-state index in [9.17, 15) is 4.79 Å². The molecule has 33 heavy (non-hydrogen) atoms. The molecule has 8 nitrogen and oxygen atoms in total. The number of esters is 1. The van der Waals surface area contributed by atoms with Crippen LogP contribution in [-0.2, 0) is 16.1 Å². The van der Waals surface area contributed by atoms with Gasteiger partial charge in [0.2, 0.25) is 5.95 Å². The van der Waals surface area contributed by atoms with Crippen LogP contribution in [0.15, 0.2) is 58.2 Å². The summed E-state index contributed by atoms with van der Waals surface area (Å²) in [5.41, 5.74) is 4.09. The second-order valence-corrected chi connectivity index (χ2v) is 8.87. The predicted molar refractivity (Wildman–Crippen MR) is 128 cm³/mol. The average molecular weight is 512 g/mol. The van der Waals surface area contributed by atoms with Crippen molar-refractivity contribution in [3.05, 3.63) is 74.9 Å². The molecule has 0 fully saturated rings. The third kappa shape index (κ3) is 5.08. The number of aryl methyl sites for hydroxylation is 1. The van der Waals surface area contributed by atoms with Crippen molar-refractivity contribution in [3.63, 3.8) is 0 Å². The van der Waals surface area contributed by atoms with Crippen LogP contribution in [0.5, 0.6) is 5.75 Å². The van der Waals surface area contributed by atoms with E-state index in [1.165, 1.54) is 5.56 Å². The summed E-state index contributed by atoms with van der Waals surface area (Å²) in [7, 11) is 0. The van der Waals surface area contributed by atoms with Crippen molar-refractivity contribution < 1.29 is 14.3 Å². The van der Waals surface area contributed by atoms with Crippen LogP contribution < -0.4 is 10.1 Å². The van der Waals surface area contributed by atoms with Gasteiger partial charge in [0, 0.05) is 15.7 Å². The fourth-order valence-corrected chi connectivity index (χ4v) is 4.04. The first-order valence-electron chi connectivity index (χ1n) is 10.9. The van der Waals surface area contributed by atoms with Gasteiger partial charge in [0.25, 0.3) is 0 Å². The largest absolute Gasteiger partial charge is 0.489 e. The Morgan fingerprint density at radius 3 is 2.73 bits per heavy atom. The fraction of sp³-hybridized carbons (Fsp3) is 0.333. The third-order valence-corrected chi connectivity index (χ3v) is 5.94. The number of nitrogens with zero attached hydrogens (tertiary/aromatic N) is 4. The molecule has 0 saturated carbocycles. The molecule has 0 amide bonds. The number of nitrogens with one attached hydrogen (secondary N) is 1. The number of carbonyl (C=O) groups is 1. The van der Waals surface area contributed by atoms with Crippen LogP contribution >= 0.6 is 15.9 Å². The zero-order valence-electron chi connectivity index (χ0n) is 18.8. The zero-order chi connectivity index (χ0) is 23.4. The molecule has 3 aromatic rings. The molecule has 0 saturated heterocycles. The Balaban J connectivity index is 1.72. The number of anilines is 1. The molecule has 4 rings (SSSR count). The van der Waals surface area contributed by atoms with Gasteiger partial charge in [-0.1, -0.05) is 64.2 Å². The number of carbonyl (C=O) groups excluding carboxylic acids is 1. The Bertz CT molecular complexity index is 1170. The fourth-order valence-electron chi connectivity index (χ4n) is 3.66. The van der Waals surface area contributed by atoms with E-state index in [1.807, 2.05) is 44.2 Å². The Labute approximate surface area is 201 Å². The maximum atomic E-state index is 13.2. The molecule has 9 heteroatoms. The van der Waals surface area contributed by atoms with Crippen molar-refractivity contribution in [1.29, 1.82) is 0 Å². The number of tetrazole rings is 1. The monoisotopic (exact) mass is 511 g/mol. The number of aromatic nitrogens is 4. The Kier molecular flexibility index (Phi) is 7.08. The summed E-state index contributed by atoms with van der Waals surface area (Å²) in [6, 6.07) is 13.3. The zero-order valence-corrected chi connectivity index (χ0v) is 20.4. The summed E-state index contributed by atoms with van der Waals surface area (Å²) in [4.78, 5) is 13.2. The minimum Gasteiger partial charge on any atom is -0.489 e. The number of hydrogen-bond donors (Lipinski definition) is 1. The molecule has 1 aliphatic heterocycles. The maximum absolute atomic E-state index is 13.2. The third-order valence-electron chi connectivity index (χ3n) is 5.45. The molecule has 1 atom stereocenters. The smallest absolute Gasteiger partial charge is 0.338 e. The van der Waals surface area contributed by atoms with Crippen LogP contribution in [0.3, 0.4) is 0 Å². The molecule has 172 valence electrons. The summed E-state index contributed by atoms with van der Waals surface area (Å²) in [5.74, 6) is 0.690. The lowest BCUT2D eigenvalue weighted by Crippen LogP contribution is -2.30. The SMILES string of the molecule is CCCCOC(=O)C1=C(C)Nc2nnnn2C1c1cc(Br)ccc1OCc1ccc(C)cc1. The van der Waals surface area contributed by atoms with Crippen molar-refractivity contribution in [2.45, 2.75) is 46.3 Å². The van der Waals surface area contributed by atoms with E-state index in [0.29, 0.717) is 36.2 Å². The molecule has 1 unspecified atom stereocenters. The number of rotatable bonds is 8. The summed E-state index contributed by atoms with van der Waals surface area (Å²) < 4.78 is 14.2. The topological polar surface area (TPSA) is 91.2 Å². The van der Waals surface area contributed by atoms with E-state index in [-0.39, 0.29) is 0 Å². The van der Waals surface area contributed by atoms with E-state index in [4.69, 9.17) is 9.47 Å². The second-order valence-electron chi connectivity index (χ2n) is 7.96. The van der Waals surface area contributed by atoms with Crippen molar-refractivity contribution in [3.8, 4) is 5.75 Å². The second kappa shape index (κ2) is 10.2. The lowest BCUT2D eigenvalue weighted by molar-refractivity contribution is -0.139. The molecule has 0 bridgehead atoms. The molecular weight excluding hydrogens is 486 g/mol. The molecule has 0 spiro atoms. The number of fused-ring (bicyclic) bond motifs is 1. The van der Waals surface area contributed by atoms with Gasteiger partial charge in [-0.3, -0.25) is 0 Å². The lowest BCUT2D eigenvalue weighted by Gasteiger charge is -2.28. The molecule has 1 aliphatic rings. The highest BCUT2D eigenvalue weighted by Crippen LogP contribution is 2.40. The summed E-state index contributed by atoms with van der Waals surface area (Å²) in [6.07, 6.45) is 1.74. The van der Waals surface area contributed by atoms with E-state index < -0.39 is 12.0 Å². The highest BCUT2D eigenvalue weighted by atomic mass is 79.9. The predicted octanol–water partition coefficient (Wildman–Crippen LogP) is 4.96. The number of halogens is 1. The molecule has 0 aliphatic carbocycles. The highest BCUT2D eigenvalue weighted by Gasteiger charge is 2.36. The van der Waals surface area contributed by atoms with E-state index >= 15 is 0 Å². The minimum absolute atomic E-state index is 0.358. The number of unbranched alkanes of at least 4 members (excludes halogenated alkanes) is 1.